The van der Waals surface area contributed by atoms with E-state index < -0.39 is 11.6 Å². The van der Waals surface area contributed by atoms with Crippen LogP contribution in [-0.4, -0.2) is 34.2 Å². The van der Waals surface area contributed by atoms with Gasteiger partial charge in [0.1, 0.15) is 11.3 Å². The lowest BCUT2D eigenvalue weighted by Gasteiger charge is -2.22. The van der Waals surface area contributed by atoms with Crippen molar-refractivity contribution in [3.05, 3.63) is 60.2 Å². The molecule has 29 heavy (non-hydrogen) atoms. The normalized spacial score (nSPS) is 18.3. The molecule has 7 nitrogen and oxygen atoms in total. The standard InChI is InChI=1S/C21H24N4O3S/c1-3-28-17-11-9-16(10-12-17)22-19(29)24-25-18(26)21(2,23-20(25)27)14-13-15-7-5-4-6-8-15/h4-12H,3,13-14H2,1-2H3,(H,23,27)(H2,22,24,29)/t21-/m1/s1. The lowest BCUT2D eigenvalue weighted by atomic mass is 9.93. The highest BCUT2D eigenvalue weighted by molar-refractivity contribution is 7.80. The van der Waals surface area contributed by atoms with Gasteiger partial charge in [0.25, 0.3) is 5.91 Å². The van der Waals surface area contributed by atoms with Gasteiger partial charge in [-0.3, -0.25) is 10.2 Å². The molecule has 3 N–H and O–H groups in total. The smallest absolute Gasteiger partial charge is 0.344 e. The number of nitrogens with zero attached hydrogens (tertiary/aromatic N) is 1. The Morgan fingerprint density at radius 2 is 1.83 bits per heavy atom. The van der Waals surface area contributed by atoms with Crippen LogP contribution in [0, 0.1) is 0 Å². The number of benzene rings is 2. The molecule has 0 aliphatic carbocycles. The molecule has 3 amide bonds. The maximum atomic E-state index is 12.8. The number of carbonyl (C=O) groups is 2. The van der Waals surface area contributed by atoms with Crippen LogP contribution < -0.4 is 20.8 Å². The van der Waals surface area contributed by atoms with Crippen molar-refractivity contribution in [1.29, 1.82) is 0 Å². The van der Waals surface area contributed by atoms with E-state index in [0.717, 1.165) is 16.3 Å². The molecule has 1 atom stereocenters. The van der Waals surface area contributed by atoms with Crippen molar-refractivity contribution in [2.45, 2.75) is 32.2 Å². The molecule has 2 aromatic rings. The van der Waals surface area contributed by atoms with Crippen LogP contribution in [0.3, 0.4) is 0 Å². The molecule has 1 heterocycles. The number of nitrogens with one attached hydrogen (secondary N) is 3. The van der Waals surface area contributed by atoms with Gasteiger partial charge < -0.3 is 15.4 Å². The highest BCUT2D eigenvalue weighted by Crippen LogP contribution is 2.22. The van der Waals surface area contributed by atoms with Crippen LogP contribution in [0.4, 0.5) is 10.5 Å². The summed E-state index contributed by atoms with van der Waals surface area (Å²) in [5, 5.41) is 6.79. The Labute approximate surface area is 175 Å². The lowest BCUT2D eigenvalue weighted by molar-refractivity contribution is -0.132. The summed E-state index contributed by atoms with van der Waals surface area (Å²) in [5.41, 5.74) is 3.51. The molecule has 0 aromatic heterocycles. The van der Waals surface area contributed by atoms with Crippen LogP contribution >= 0.6 is 12.2 Å². The number of rotatable bonds is 7. The van der Waals surface area contributed by atoms with Crippen molar-refractivity contribution in [3.63, 3.8) is 0 Å². The van der Waals surface area contributed by atoms with Crippen LogP contribution in [0.5, 0.6) is 5.75 Å². The first kappa shape index (κ1) is 20.6. The monoisotopic (exact) mass is 412 g/mol. The second-order valence-electron chi connectivity index (χ2n) is 6.91. The Balaban J connectivity index is 1.58. The lowest BCUT2D eigenvalue weighted by Crippen LogP contribution is -2.50. The zero-order valence-electron chi connectivity index (χ0n) is 16.4. The van der Waals surface area contributed by atoms with E-state index in [1.807, 2.05) is 49.4 Å². The number of carbonyl (C=O) groups excluding carboxylic acids is 2. The number of hydrogen-bond acceptors (Lipinski definition) is 4. The molecule has 1 aliphatic rings. The van der Waals surface area contributed by atoms with Crippen LogP contribution in [0.2, 0.25) is 0 Å². The summed E-state index contributed by atoms with van der Waals surface area (Å²) < 4.78 is 5.40. The van der Waals surface area contributed by atoms with E-state index in [4.69, 9.17) is 17.0 Å². The fraction of sp³-hybridized carbons (Fsp3) is 0.286. The van der Waals surface area contributed by atoms with Crippen LogP contribution in [0.25, 0.3) is 0 Å². The minimum Gasteiger partial charge on any atom is -0.494 e. The number of amides is 3. The molecule has 3 rings (SSSR count). The third-order valence-electron chi connectivity index (χ3n) is 4.65. The van der Waals surface area contributed by atoms with E-state index >= 15 is 0 Å². The number of aryl methyl sites for hydroxylation is 1. The predicted octanol–water partition coefficient (Wildman–Crippen LogP) is 3.23. The highest BCUT2D eigenvalue weighted by Gasteiger charge is 2.48. The first-order chi connectivity index (χ1) is 13.9. The maximum Gasteiger partial charge on any atom is 0.344 e. The number of hydrazine groups is 1. The number of anilines is 1. The molecule has 0 saturated carbocycles. The second-order valence-corrected chi connectivity index (χ2v) is 7.32. The summed E-state index contributed by atoms with van der Waals surface area (Å²) in [4.78, 5) is 25.2. The molecule has 8 heteroatoms. The van der Waals surface area contributed by atoms with Gasteiger partial charge in [0, 0.05) is 5.69 Å². The Hall–Kier alpha value is -3.13. The number of imide groups is 1. The minimum absolute atomic E-state index is 0.143. The second kappa shape index (κ2) is 8.91. The molecule has 0 bridgehead atoms. The third-order valence-corrected chi connectivity index (χ3v) is 4.85. The first-order valence-electron chi connectivity index (χ1n) is 9.42. The average molecular weight is 413 g/mol. The van der Waals surface area contributed by atoms with Crippen LogP contribution in [0.15, 0.2) is 54.6 Å². The fourth-order valence-corrected chi connectivity index (χ4v) is 3.27. The zero-order valence-corrected chi connectivity index (χ0v) is 17.2. The average Bonchev–Trinajstić information content (AvgIpc) is 2.92. The molecule has 152 valence electrons. The Morgan fingerprint density at radius 1 is 1.14 bits per heavy atom. The first-order valence-corrected chi connectivity index (χ1v) is 9.83. The third kappa shape index (κ3) is 5.03. The number of hydrogen-bond donors (Lipinski definition) is 3. The molecular weight excluding hydrogens is 388 g/mol. The summed E-state index contributed by atoms with van der Waals surface area (Å²) in [6.07, 6.45) is 1.16. The Bertz CT molecular complexity index is 889. The van der Waals surface area contributed by atoms with E-state index in [-0.39, 0.29) is 11.0 Å². The van der Waals surface area contributed by atoms with E-state index in [9.17, 15) is 9.59 Å². The quantitative estimate of drug-likeness (QED) is 0.478. The van der Waals surface area contributed by atoms with Gasteiger partial charge in [0.05, 0.1) is 6.61 Å². The van der Waals surface area contributed by atoms with Gasteiger partial charge in [-0.25, -0.2) is 4.79 Å². The van der Waals surface area contributed by atoms with Gasteiger partial charge in [0.2, 0.25) is 0 Å². The van der Waals surface area contributed by atoms with E-state index in [0.29, 0.717) is 25.1 Å². The van der Waals surface area contributed by atoms with Crippen molar-refractivity contribution in [3.8, 4) is 5.75 Å². The molecule has 1 saturated heterocycles. The number of thiocarbonyl (C=S) groups is 1. The van der Waals surface area contributed by atoms with Crippen molar-refractivity contribution in [2.75, 3.05) is 11.9 Å². The Morgan fingerprint density at radius 3 is 2.48 bits per heavy atom. The largest absolute Gasteiger partial charge is 0.494 e. The molecule has 0 radical (unpaired) electrons. The van der Waals surface area contributed by atoms with Gasteiger partial charge in [-0.1, -0.05) is 30.3 Å². The summed E-state index contributed by atoms with van der Waals surface area (Å²) in [7, 11) is 0. The highest BCUT2D eigenvalue weighted by atomic mass is 32.1. The molecular formula is C21H24N4O3S. The van der Waals surface area contributed by atoms with Crippen molar-refractivity contribution in [1.82, 2.24) is 15.8 Å². The topological polar surface area (TPSA) is 82.7 Å². The summed E-state index contributed by atoms with van der Waals surface area (Å²) >= 11 is 5.25. The van der Waals surface area contributed by atoms with E-state index in [1.54, 1.807) is 19.1 Å². The van der Waals surface area contributed by atoms with E-state index in [2.05, 4.69) is 16.1 Å². The molecule has 0 spiro atoms. The molecule has 1 aliphatic heterocycles. The Kier molecular flexibility index (Phi) is 6.33. The van der Waals surface area contributed by atoms with Crippen LogP contribution in [-0.2, 0) is 11.2 Å². The van der Waals surface area contributed by atoms with E-state index in [1.165, 1.54) is 0 Å². The van der Waals surface area contributed by atoms with Crippen molar-refractivity contribution < 1.29 is 14.3 Å². The van der Waals surface area contributed by atoms with Gasteiger partial charge >= 0.3 is 6.03 Å². The fourth-order valence-electron chi connectivity index (χ4n) is 3.06. The SMILES string of the molecule is CCOc1ccc(NC(=S)NN2C(=O)N[C@](C)(CCc3ccccc3)C2=O)cc1. The van der Waals surface area contributed by atoms with Crippen molar-refractivity contribution in [2.24, 2.45) is 0 Å². The minimum atomic E-state index is -0.991. The summed E-state index contributed by atoms with van der Waals surface area (Å²) in [5.74, 6) is 0.384. The van der Waals surface area contributed by atoms with Gasteiger partial charge in [-0.2, -0.15) is 5.01 Å². The molecule has 1 fully saturated rings. The zero-order chi connectivity index (χ0) is 20.9. The molecule has 2 aromatic carbocycles. The van der Waals surface area contributed by atoms with Crippen LogP contribution in [0.1, 0.15) is 25.8 Å². The van der Waals surface area contributed by atoms with Gasteiger partial charge in [-0.15, -0.1) is 0 Å². The molecule has 0 unspecified atom stereocenters. The van der Waals surface area contributed by atoms with Gasteiger partial charge in [0.15, 0.2) is 5.11 Å². The van der Waals surface area contributed by atoms with Gasteiger partial charge in [-0.05, 0) is 68.7 Å². The van der Waals surface area contributed by atoms with Crippen molar-refractivity contribution >= 4 is 35.0 Å². The number of ether oxygens (including phenoxy) is 1. The predicted molar refractivity (Wildman–Crippen MR) is 116 cm³/mol. The summed E-state index contributed by atoms with van der Waals surface area (Å²) in [6, 6.07) is 16.5. The summed E-state index contributed by atoms with van der Waals surface area (Å²) in [6.45, 7) is 4.22. The maximum absolute atomic E-state index is 12.8. The number of urea groups is 1.